The van der Waals surface area contributed by atoms with Crippen LogP contribution < -0.4 is 0 Å². The van der Waals surface area contributed by atoms with Crippen molar-refractivity contribution in [1.82, 2.24) is 0 Å². The van der Waals surface area contributed by atoms with Crippen molar-refractivity contribution >= 4 is 12.8 Å². The molecule has 0 heterocycles. The summed E-state index contributed by atoms with van der Waals surface area (Å²) in [6.07, 6.45) is 4.95. The summed E-state index contributed by atoms with van der Waals surface area (Å²) in [7, 11) is 0. The summed E-state index contributed by atoms with van der Waals surface area (Å²) in [6, 6.07) is 0. The van der Waals surface area contributed by atoms with Crippen molar-refractivity contribution in [2.45, 2.75) is 32.1 Å². The molecule has 2 bridgehead atoms. The van der Waals surface area contributed by atoms with Crippen molar-refractivity contribution in [2.24, 2.45) is 10.8 Å². The summed E-state index contributed by atoms with van der Waals surface area (Å²) >= 11 is 0. The quantitative estimate of drug-likeness (QED) is 0.430. The summed E-state index contributed by atoms with van der Waals surface area (Å²) in [5, 5.41) is 0. The summed E-state index contributed by atoms with van der Waals surface area (Å²) in [6.45, 7) is 7.36. The standard InChI is InChI=1S/C10H14O2/c1-9-3-5-10(7-9,6-4-9)8(11)12-2/h1-7H2. The summed E-state index contributed by atoms with van der Waals surface area (Å²) in [5.41, 5.74) is -0.0301. The van der Waals surface area contributed by atoms with E-state index in [0.717, 1.165) is 32.1 Å². The van der Waals surface area contributed by atoms with Crippen molar-refractivity contribution in [3.05, 3.63) is 6.92 Å². The van der Waals surface area contributed by atoms with Crippen LogP contribution in [-0.4, -0.2) is 12.8 Å². The maximum atomic E-state index is 11.4. The molecule has 12 heavy (non-hydrogen) atoms. The summed E-state index contributed by atoms with van der Waals surface area (Å²) < 4.78 is 4.58. The third-order valence-electron chi connectivity index (χ3n) is 3.55. The first-order valence-electron chi connectivity index (χ1n) is 4.42. The van der Waals surface area contributed by atoms with Gasteiger partial charge in [-0.3, -0.25) is 4.42 Å². The predicted molar refractivity (Wildman–Crippen MR) is 45.4 cm³/mol. The molecule has 0 saturated heterocycles. The lowest BCUT2D eigenvalue weighted by Crippen LogP contribution is -2.26. The van der Waals surface area contributed by atoms with Gasteiger partial charge in [-0.2, -0.15) is 5.41 Å². The van der Waals surface area contributed by atoms with Gasteiger partial charge in [0.05, 0.1) is 0 Å². The minimum atomic E-state index is -0.205. The Morgan fingerprint density at radius 1 is 1.33 bits per heavy atom. The Morgan fingerprint density at radius 3 is 2.25 bits per heavy atom. The number of carbonyl (C=O) groups excluding carboxylic acids is 2. The van der Waals surface area contributed by atoms with E-state index in [2.05, 4.69) is 18.1 Å². The fraction of sp³-hybridized carbons (Fsp3) is 0.700. The lowest BCUT2D eigenvalue weighted by atomic mass is 9.83. The Labute approximate surface area is 72.7 Å². The molecule has 0 N–H and O–H groups in total. The second-order valence-corrected chi connectivity index (χ2v) is 4.39. The zero-order chi connectivity index (χ0) is 8.82. The van der Waals surface area contributed by atoms with Crippen LogP contribution in [0.15, 0.2) is 0 Å². The van der Waals surface area contributed by atoms with Gasteiger partial charge in [-0.15, -0.1) is 0 Å². The highest BCUT2D eigenvalue weighted by atomic mass is 16.4. The van der Waals surface area contributed by atoms with Gasteiger partial charge in [0.1, 0.15) is 5.41 Å². The second kappa shape index (κ2) is 2.18. The minimum Gasteiger partial charge on any atom is -0.337 e. The van der Waals surface area contributed by atoms with Gasteiger partial charge in [-0.25, -0.2) is 0 Å². The Balaban J connectivity index is 2.26. The number of rotatable bonds is 1. The van der Waals surface area contributed by atoms with Gasteiger partial charge in [0.15, 0.2) is 6.79 Å². The van der Waals surface area contributed by atoms with Gasteiger partial charge in [-0.05, 0) is 12.8 Å². The average molecular weight is 166 g/mol. The molecule has 0 aromatic carbocycles. The molecule has 2 heteroatoms. The van der Waals surface area contributed by atoms with Crippen LogP contribution in [0.5, 0.6) is 0 Å². The molecule has 0 aromatic heterocycles. The highest BCUT2D eigenvalue weighted by molar-refractivity contribution is 5.75. The van der Waals surface area contributed by atoms with E-state index < -0.39 is 0 Å². The normalized spacial score (nSPS) is 44.8. The van der Waals surface area contributed by atoms with Gasteiger partial charge in [0.25, 0.3) is 0 Å². The van der Waals surface area contributed by atoms with Crippen molar-refractivity contribution in [2.75, 3.05) is 0 Å². The molecule has 2 fully saturated rings. The first kappa shape index (κ1) is 7.96. The molecule has 0 amide bonds. The van der Waals surface area contributed by atoms with E-state index in [-0.39, 0.29) is 16.8 Å². The molecule has 2 nitrogen and oxygen atoms in total. The van der Waals surface area contributed by atoms with Crippen molar-refractivity contribution < 1.29 is 9.22 Å². The van der Waals surface area contributed by atoms with Crippen LogP contribution in [0.1, 0.15) is 32.1 Å². The molecule has 2 aliphatic carbocycles. The fourth-order valence-electron chi connectivity index (χ4n) is 2.76. The first-order chi connectivity index (χ1) is 5.60. The van der Waals surface area contributed by atoms with E-state index in [1.165, 1.54) is 0 Å². The first-order valence-corrected chi connectivity index (χ1v) is 4.42. The largest absolute Gasteiger partial charge is 0.585 e. The topological polar surface area (TPSA) is 28.4 Å². The van der Waals surface area contributed by atoms with Crippen LogP contribution in [-0.2, 0) is 9.22 Å². The zero-order valence-electron chi connectivity index (χ0n) is 7.27. The highest BCUT2D eigenvalue weighted by Gasteiger charge is 2.58. The molecule has 2 saturated carbocycles. The van der Waals surface area contributed by atoms with Crippen LogP contribution in [0.2, 0.25) is 0 Å². The van der Waals surface area contributed by atoms with Gasteiger partial charge in [0, 0.05) is 4.79 Å². The molecular weight excluding hydrogens is 152 g/mol. The van der Waals surface area contributed by atoms with Gasteiger partial charge < -0.3 is 6.92 Å². The van der Waals surface area contributed by atoms with Crippen LogP contribution in [0.4, 0.5) is 0 Å². The molecule has 0 spiro atoms. The van der Waals surface area contributed by atoms with E-state index in [4.69, 9.17) is 0 Å². The Kier molecular flexibility index (Phi) is 1.45. The maximum absolute atomic E-state index is 11.4. The molecule has 66 valence electrons. The fourth-order valence-corrected chi connectivity index (χ4v) is 2.76. The zero-order valence-corrected chi connectivity index (χ0v) is 7.27. The average Bonchev–Trinajstić information content (AvgIpc) is 2.57. The Bertz CT molecular complexity index is 234. The number of carbonyl (C=O) groups is 1. The van der Waals surface area contributed by atoms with Crippen LogP contribution >= 0.6 is 0 Å². The maximum Gasteiger partial charge on any atom is 0.585 e. The third kappa shape index (κ3) is 0.869. The molecular formula is C10H14O2. The second-order valence-electron chi connectivity index (χ2n) is 4.39. The van der Waals surface area contributed by atoms with Crippen LogP contribution in [0, 0.1) is 17.8 Å². The van der Waals surface area contributed by atoms with E-state index in [0.29, 0.717) is 0 Å². The smallest absolute Gasteiger partial charge is 0.337 e. The lowest BCUT2D eigenvalue weighted by Gasteiger charge is -2.27. The number of hydrogen-bond donors (Lipinski definition) is 0. The molecule has 0 aliphatic heterocycles. The predicted octanol–water partition coefficient (Wildman–Crippen LogP) is 1.66. The van der Waals surface area contributed by atoms with Gasteiger partial charge >= 0.3 is 5.97 Å². The molecule has 0 unspecified atom stereocenters. The van der Waals surface area contributed by atoms with Crippen LogP contribution in [0.25, 0.3) is 0 Å². The number of fused-ring (bicyclic) bond motifs is 2. The molecule has 2 rings (SSSR count). The van der Waals surface area contributed by atoms with Crippen molar-refractivity contribution in [1.29, 1.82) is 0 Å². The van der Waals surface area contributed by atoms with E-state index in [1.54, 1.807) is 0 Å². The number of hydrogen-bond acceptors (Lipinski definition) is 1. The third-order valence-corrected chi connectivity index (χ3v) is 3.55. The molecule has 0 atom stereocenters. The molecule has 0 aromatic rings. The Hall–Kier alpha value is -0.660. The molecule has 0 radical (unpaired) electrons. The lowest BCUT2D eigenvalue weighted by molar-refractivity contribution is -0.380. The minimum absolute atomic E-state index is 0.120. The Morgan fingerprint density at radius 2 is 1.92 bits per heavy atom. The van der Waals surface area contributed by atoms with Crippen molar-refractivity contribution in [3.63, 3.8) is 0 Å². The van der Waals surface area contributed by atoms with Crippen LogP contribution in [0.3, 0.4) is 0 Å². The molecule has 2 aliphatic rings. The van der Waals surface area contributed by atoms with E-state index in [1.807, 2.05) is 0 Å². The SMILES string of the molecule is C=[O+]C(=O)C12CCC([CH2-])(CC1)C2. The monoisotopic (exact) mass is 166 g/mol. The summed E-state index contributed by atoms with van der Waals surface area (Å²) in [4.78, 5) is 11.4. The van der Waals surface area contributed by atoms with Crippen molar-refractivity contribution in [3.8, 4) is 0 Å². The summed E-state index contributed by atoms with van der Waals surface area (Å²) in [5.74, 6) is -0.120. The van der Waals surface area contributed by atoms with Gasteiger partial charge in [-0.1, -0.05) is 19.3 Å². The highest BCUT2D eigenvalue weighted by Crippen LogP contribution is 2.61. The van der Waals surface area contributed by atoms with E-state index >= 15 is 0 Å². The van der Waals surface area contributed by atoms with E-state index in [9.17, 15) is 4.79 Å². The van der Waals surface area contributed by atoms with Gasteiger partial charge in [0.2, 0.25) is 0 Å².